The van der Waals surface area contributed by atoms with Crippen LogP contribution in [0.4, 0.5) is 15.8 Å². The fraction of sp³-hybridized carbons (Fsp3) is 0.316. The van der Waals surface area contributed by atoms with Gasteiger partial charge < -0.3 is 5.32 Å². The molecule has 2 rings (SSSR count). The van der Waals surface area contributed by atoms with Gasteiger partial charge in [-0.25, -0.2) is 12.8 Å². The maximum Gasteiger partial charge on any atom is 0.262 e. The SMILES string of the molecule is CCCCCC(=O)Nc1ccc(C)c(S(=O)(=O)Nc2ccccc2F)c1. The van der Waals surface area contributed by atoms with Gasteiger partial charge in [-0.1, -0.05) is 38.0 Å². The van der Waals surface area contributed by atoms with Crippen molar-refractivity contribution in [1.82, 2.24) is 0 Å². The average molecular weight is 378 g/mol. The first kappa shape index (κ1) is 19.9. The third kappa shape index (κ3) is 5.29. The summed E-state index contributed by atoms with van der Waals surface area (Å²) in [7, 11) is -3.99. The number of halogens is 1. The van der Waals surface area contributed by atoms with Crippen LogP contribution in [-0.4, -0.2) is 14.3 Å². The third-order valence-corrected chi connectivity index (χ3v) is 5.39. The maximum absolute atomic E-state index is 13.8. The molecule has 0 spiro atoms. The standard InChI is InChI=1S/C19H23FN2O3S/c1-3-4-5-10-19(23)21-15-12-11-14(2)18(13-15)26(24,25)22-17-9-7-6-8-16(17)20/h6-9,11-13,22H,3-5,10H2,1-2H3,(H,21,23). The number of para-hydroxylation sites is 1. The zero-order valence-corrected chi connectivity index (χ0v) is 15.7. The molecule has 140 valence electrons. The summed E-state index contributed by atoms with van der Waals surface area (Å²) in [5.41, 5.74) is 0.768. The van der Waals surface area contributed by atoms with Crippen molar-refractivity contribution < 1.29 is 17.6 Å². The predicted molar refractivity (Wildman–Crippen MR) is 101 cm³/mol. The van der Waals surface area contributed by atoms with Gasteiger partial charge in [0, 0.05) is 12.1 Å². The van der Waals surface area contributed by atoms with Crippen LogP contribution in [0.2, 0.25) is 0 Å². The highest BCUT2D eigenvalue weighted by atomic mass is 32.2. The Morgan fingerprint density at radius 1 is 1.12 bits per heavy atom. The van der Waals surface area contributed by atoms with E-state index in [1.807, 2.05) is 0 Å². The minimum absolute atomic E-state index is 0.00730. The Labute approximate surface area is 153 Å². The van der Waals surface area contributed by atoms with Gasteiger partial charge in [-0.2, -0.15) is 0 Å². The molecule has 0 aliphatic carbocycles. The smallest absolute Gasteiger partial charge is 0.262 e. The fourth-order valence-electron chi connectivity index (χ4n) is 2.47. The zero-order valence-electron chi connectivity index (χ0n) is 14.9. The molecule has 7 heteroatoms. The molecule has 2 N–H and O–H groups in total. The molecular weight excluding hydrogens is 355 g/mol. The van der Waals surface area contributed by atoms with Crippen molar-refractivity contribution >= 4 is 27.3 Å². The Morgan fingerprint density at radius 2 is 1.85 bits per heavy atom. The molecule has 2 aromatic carbocycles. The number of benzene rings is 2. The second-order valence-electron chi connectivity index (χ2n) is 6.07. The van der Waals surface area contributed by atoms with Crippen LogP contribution in [0.15, 0.2) is 47.4 Å². The summed E-state index contributed by atoms with van der Waals surface area (Å²) in [5.74, 6) is -0.818. The summed E-state index contributed by atoms with van der Waals surface area (Å²) in [6, 6.07) is 10.2. The molecule has 26 heavy (non-hydrogen) atoms. The van der Waals surface area contributed by atoms with Crippen LogP contribution in [0.25, 0.3) is 0 Å². The minimum atomic E-state index is -3.99. The van der Waals surface area contributed by atoms with E-state index in [9.17, 15) is 17.6 Å². The van der Waals surface area contributed by atoms with Crippen LogP contribution in [0, 0.1) is 12.7 Å². The predicted octanol–water partition coefficient (Wildman–Crippen LogP) is 4.45. The molecule has 0 aromatic heterocycles. The van der Waals surface area contributed by atoms with E-state index in [0.717, 1.165) is 19.3 Å². The first-order chi connectivity index (χ1) is 12.3. The molecule has 0 bridgehead atoms. The molecule has 0 unspecified atom stereocenters. The van der Waals surface area contributed by atoms with Gasteiger partial charge in [0.15, 0.2) is 0 Å². The van der Waals surface area contributed by atoms with E-state index >= 15 is 0 Å². The zero-order chi connectivity index (χ0) is 19.2. The van der Waals surface area contributed by atoms with Gasteiger partial charge in [-0.3, -0.25) is 9.52 Å². The van der Waals surface area contributed by atoms with E-state index in [1.54, 1.807) is 25.1 Å². The van der Waals surface area contributed by atoms with E-state index in [0.29, 0.717) is 17.7 Å². The molecule has 0 fully saturated rings. The van der Waals surface area contributed by atoms with Crippen molar-refractivity contribution in [2.75, 3.05) is 10.0 Å². The van der Waals surface area contributed by atoms with Crippen molar-refractivity contribution in [3.05, 3.63) is 53.8 Å². The number of carbonyl (C=O) groups excluding carboxylic acids is 1. The van der Waals surface area contributed by atoms with Crippen LogP contribution >= 0.6 is 0 Å². The summed E-state index contributed by atoms with van der Waals surface area (Å²) in [6.45, 7) is 3.69. The van der Waals surface area contributed by atoms with Crippen molar-refractivity contribution in [3.8, 4) is 0 Å². The molecule has 5 nitrogen and oxygen atoms in total. The number of anilines is 2. The lowest BCUT2D eigenvalue weighted by molar-refractivity contribution is -0.116. The quantitative estimate of drug-likeness (QED) is 0.666. The number of sulfonamides is 1. The summed E-state index contributed by atoms with van der Waals surface area (Å²) >= 11 is 0. The summed E-state index contributed by atoms with van der Waals surface area (Å²) in [5, 5.41) is 2.71. The lowest BCUT2D eigenvalue weighted by atomic mass is 10.2. The Hall–Kier alpha value is -2.41. The maximum atomic E-state index is 13.8. The van der Waals surface area contributed by atoms with Gasteiger partial charge >= 0.3 is 0 Å². The first-order valence-electron chi connectivity index (χ1n) is 8.51. The van der Waals surface area contributed by atoms with Crippen LogP contribution in [0.3, 0.4) is 0 Å². The molecule has 0 heterocycles. The number of unbranched alkanes of at least 4 members (excludes halogenated alkanes) is 2. The van der Waals surface area contributed by atoms with Crippen molar-refractivity contribution in [1.29, 1.82) is 0 Å². The molecule has 0 aliphatic rings. The highest BCUT2D eigenvalue weighted by molar-refractivity contribution is 7.92. The molecule has 0 saturated carbocycles. The van der Waals surface area contributed by atoms with Crippen LogP contribution in [0.1, 0.15) is 38.2 Å². The van der Waals surface area contributed by atoms with Gasteiger partial charge in [0.25, 0.3) is 10.0 Å². The number of hydrogen-bond donors (Lipinski definition) is 2. The molecule has 0 atom stereocenters. The first-order valence-corrected chi connectivity index (χ1v) is 9.99. The molecule has 0 radical (unpaired) electrons. The lowest BCUT2D eigenvalue weighted by Gasteiger charge is -2.13. The number of carbonyl (C=O) groups is 1. The number of aryl methyl sites for hydroxylation is 1. The van der Waals surface area contributed by atoms with E-state index in [4.69, 9.17) is 0 Å². The summed E-state index contributed by atoms with van der Waals surface area (Å²) in [6.07, 6.45) is 3.15. The fourth-order valence-corrected chi connectivity index (χ4v) is 3.81. The van der Waals surface area contributed by atoms with Gasteiger partial charge in [0.2, 0.25) is 5.91 Å². The van der Waals surface area contributed by atoms with E-state index in [2.05, 4.69) is 17.0 Å². The Kier molecular flexibility index (Phi) is 6.74. The lowest BCUT2D eigenvalue weighted by Crippen LogP contribution is -2.16. The highest BCUT2D eigenvalue weighted by Crippen LogP contribution is 2.24. The Morgan fingerprint density at radius 3 is 2.54 bits per heavy atom. The number of hydrogen-bond acceptors (Lipinski definition) is 3. The molecule has 0 saturated heterocycles. The third-order valence-electron chi connectivity index (χ3n) is 3.89. The molecule has 0 aliphatic heterocycles. The number of nitrogens with one attached hydrogen (secondary N) is 2. The van der Waals surface area contributed by atoms with Crippen molar-refractivity contribution in [3.63, 3.8) is 0 Å². The second kappa shape index (κ2) is 8.80. The second-order valence-corrected chi connectivity index (χ2v) is 7.72. The van der Waals surface area contributed by atoms with Crippen LogP contribution in [0.5, 0.6) is 0 Å². The van der Waals surface area contributed by atoms with Gasteiger partial charge in [-0.15, -0.1) is 0 Å². The molecular formula is C19H23FN2O3S. The summed E-state index contributed by atoms with van der Waals surface area (Å²) < 4.78 is 41.3. The molecule has 2 aromatic rings. The van der Waals surface area contributed by atoms with E-state index in [1.165, 1.54) is 24.3 Å². The largest absolute Gasteiger partial charge is 0.326 e. The van der Waals surface area contributed by atoms with Gasteiger partial charge in [-0.05, 0) is 43.2 Å². The Balaban J connectivity index is 2.20. The highest BCUT2D eigenvalue weighted by Gasteiger charge is 2.19. The Bertz CT molecular complexity index is 882. The normalized spacial score (nSPS) is 11.2. The molecule has 1 amide bonds. The topological polar surface area (TPSA) is 75.3 Å². The van der Waals surface area contributed by atoms with E-state index < -0.39 is 15.8 Å². The summed E-state index contributed by atoms with van der Waals surface area (Å²) in [4.78, 5) is 11.9. The van der Waals surface area contributed by atoms with Crippen molar-refractivity contribution in [2.24, 2.45) is 0 Å². The van der Waals surface area contributed by atoms with Crippen molar-refractivity contribution in [2.45, 2.75) is 44.4 Å². The number of rotatable bonds is 8. The van der Waals surface area contributed by atoms with Gasteiger partial charge in [0.1, 0.15) is 5.82 Å². The van der Waals surface area contributed by atoms with Gasteiger partial charge in [0.05, 0.1) is 10.6 Å². The monoisotopic (exact) mass is 378 g/mol. The van der Waals surface area contributed by atoms with Crippen LogP contribution in [-0.2, 0) is 14.8 Å². The van der Waals surface area contributed by atoms with E-state index in [-0.39, 0.29) is 16.5 Å². The minimum Gasteiger partial charge on any atom is -0.326 e. The number of amides is 1. The van der Waals surface area contributed by atoms with Crippen LogP contribution < -0.4 is 10.0 Å². The average Bonchev–Trinajstić information content (AvgIpc) is 2.58.